The van der Waals surface area contributed by atoms with E-state index in [1.165, 1.54) is 0 Å². The van der Waals surface area contributed by atoms with E-state index in [0.29, 0.717) is 24.4 Å². The number of aliphatic hydroxyl groups is 1. The van der Waals surface area contributed by atoms with Gasteiger partial charge in [0.15, 0.2) is 0 Å². The molecule has 0 aliphatic heterocycles. The third-order valence-electron chi connectivity index (χ3n) is 1.90. The highest BCUT2D eigenvalue weighted by atomic mass is 16.5. The lowest BCUT2D eigenvalue weighted by Crippen LogP contribution is -2.07. The van der Waals surface area contributed by atoms with E-state index in [4.69, 9.17) is 10.5 Å². The minimum Gasteiger partial charge on any atom is -0.481 e. The van der Waals surface area contributed by atoms with Gasteiger partial charge in [-0.1, -0.05) is 0 Å². The minimum absolute atomic E-state index is 0.444. The van der Waals surface area contributed by atoms with Crippen molar-refractivity contribution in [1.29, 1.82) is 0 Å². The van der Waals surface area contributed by atoms with Gasteiger partial charge < -0.3 is 15.6 Å². The molecule has 0 aliphatic carbocycles. The van der Waals surface area contributed by atoms with Crippen molar-refractivity contribution in [2.75, 3.05) is 13.7 Å². The molecule has 1 atom stereocenters. The van der Waals surface area contributed by atoms with E-state index in [0.717, 1.165) is 0 Å². The summed E-state index contributed by atoms with van der Waals surface area (Å²) in [6.45, 7) is 0.444. The Morgan fingerprint density at radius 2 is 2.46 bits per heavy atom. The Kier molecular flexibility index (Phi) is 3.27. The number of methoxy groups -OCH3 is 1. The number of aryl methyl sites for hydroxylation is 1. The highest BCUT2D eigenvalue weighted by Gasteiger charge is 2.16. The average Bonchev–Trinajstić information content (AvgIpc) is 2.47. The molecule has 1 unspecified atom stereocenters. The van der Waals surface area contributed by atoms with Crippen LogP contribution in [0.1, 0.15) is 18.1 Å². The van der Waals surface area contributed by atoms with Crippen LogP contribution in [0.5, 0.6) is 5.88 Å². The third-order valence-corrected chi connectivity index (χ3v) is 1.90. The van der Waals surface area contributed by atoms with E-state index in [2.05, 4.69) is 5.10 Å². The van der Waals surface area contributed by atoms with Crippen molar-refractivity contribution in [3.63, 3.8) is 0 Å². The van der Waals surface area contributed by atoms with Crippen LogP contribution in [-0.2, 0) is 7.05 Å². The topological polar surface area (TPSA) is 73.3 Å². The molecule has 0 bridgehead atoms. The van der Waals surface area contributed by atoms with Gasteiger partial charge in [-0.25, -0.2) is 4.68 Å². The molecule has 5 nitrogen and oxygen atoms in total. The van der Waals surface area contributed by atoms with Crippen molar-refractivity contribution >= 4 is 0 Å². The summed E-state index contributed by atoms with van der Waals surface area (Å²) >= 11 is 0. The van der Waals surface area contributed by atoms with Crippen molar-refractivity contribution in [3.8, 4) is 5.88 Å². The van der Waals surface area contributed by atoms with E-state index in [-0.39, 0.29) is 0 Å². The summed E-state index contributed by atoms with van der Waals surface area (Å²) < 4.78 is 6.66. The van der Waals surface area contributed by atoms with Crippen LogP contribution in [0.15, 0.2) is 6.20 Å². The molecule has 0 saturated heterocycles. The van der Waals surface area contributed by atoms with Crippen molar-refractivity contribution in [1.82, 2.24) is 9.78 Å². The number of ether oxygens (including phenoxy) is 1. The molecular formula is C8H15N3O2. The zero-order valence-electron chi connectivity index (χ0n) is 7.90. The van der Waals surface area contributed by atoms with Crippen LogP contribution in [0.4, 0.5) is 0 Å². The summed E-state index contributed by atoms with van der Waals surface area (Å²) in [5.41, 5.74) is 6.03. The molecule has 74 valence electrons. The Morgan fingerprint density at radius 3 is 3.00 bits per heavy atom. The van der Waals surface area contributed by atoms with Crippen LogP contribution in [-0.4, -0.2) is 28.5 Å². The maximum absolute atomic E-state index is 9.63. The van der Waals surface area contributed by atoms with Gasteiger partial charge in [0, 0.05) is 7.05 Å². The second-order valence-corrected chi connectivity index (χ2v) is 2.83. The molecule has 5 heteroatoms. The lowest BCUT2D eigenvalue weighted by Gasteiger charge is -2.09. The molecule has 0 aliphatic rings. The molecule has 1 aromatic rings. The molecule has 0 amide bonds. The smallest absolute Gasteiger partial charge is 0.217 e. The lowest BCUT2D eigenvalue weighted by molar-refractivity contribution is 0.165. The largest absolute Gasteiger partial charge is 0.481 e. The predicted octanol–water partition coefficient (Wildman–Crippen LogP) is -0.189. The third kappa shape index (κ3) is 1.99. The molecule has 1 heterocycles. The molecular weight excluding hydrogens is 170 g/mol. The number of aromatic nitrogens is 2. The molecule has 1 aromatic heterocycles. The molecule has 3 N–H and O–H groups in total. The maximum Gasteiger partial charge on any atom is 0.217 e. The Labute approximate surface area is 77.1 Å². The van der Waals surface area contributed by atoms with Crippen molar-refractivity contribution in [2.24, 2.45) is 12.8 Å². The van der Waals surface area contributed by atoms with Gasteiger partial charge in [-0.3, -0.25) is 0 Å². The Balaban J connectivity index is 2.86. The summed E-state index contributed by atoms with van der Waals surface area (Å²) in [7, 11) is 3.31. The fourth-order valence-electron chi connectivity index (χ4n) is 1.24. The van der Waals surface area contributed by atoms with Gasteiger partial charge >= 0.3 is 0 Å². The van der Waals surface area contributed by atoms with E-state index in [1.54, 1.807) is 25.0 Å². The number of hydrogen-bond acceptors (Lipinski definition) is 4. The number of nitrogens with zero attached hydrogens (tertiary/aromatic N) is 2. The quantitative estimate of drug-likeness (QED) is 0.682. The fourth-order valence-corrected chi connectivity index (χ4v) is 1.24. The van der Waals surface area contributed by atoms with Gasteiger partial charge in [-0.15, -0.1) is 0 Å². The monoisotopic (exact) mass is 185 g/mol. The van der Waals surface area contributed by atoms with Crippen LogP contribution < -0.4 is 10.5 Å². The summed E-state index contributed by atoms with van der Waals surface area (Å²) in [4.78, 5) is 0. The zero-order valence-corrected chi connectivity index (χ0v) is 7.90. The maximum atomic E-state index is 9.63. The minimum atomic E-state index is -0.589. The van der Waals surface area contributed by atoms with Crippen LogP contribution in [0.25, 0.3) is 0 Å². The lowest BCUT2D eigenvalue weighted by atomic mass is 10.1. The first kappa shape index (κ1) is 10.0. The van der Waals surface area contributed by atoms with Crippen molar-refractivity contribution in [3.05, 3.63) is 11.8 Å². The zero-order chi connectivity index (χ0) is 9.84. The molecule has 13 heavy (non-hydrogen) atoms. The summed E-state index contributed by atoms with van der Waals surface area (Å²) in [6.07, 6.45) is 1.52. The van der Waals surface area contributed by atoms with Crippen molar-refractivity contribution < 1.29 is 9.84 Å². The molecule has 0 spiro atoms. The van der Waals surface area contributed by atoms with E-state index in [1.807, 2.05) is 0 Å². The molecule has 0 saturated carbocycles. The van der Waals surface area contributed by atoms with E-state index >= 15 is 0 Å². The van der Waals surface area contributed by atoms with E-state index in [9.17, 15) is 5.11 Å². The first-order chi connectivity index (χ1) is 6.20. The second-order valence-electron chi connectivity index (χ2n) is 2.83. The normalized spacial score (nSPS) is 12.9. The Hall–Kier alpha value is -1.07. The predicted molar refractivity (Wildman–Crippen MR) is 48.4 cm³/mol. The Bertz CT molecular complexity index is 272. The first-order valence-electron chi connectivity index (χ1n) is 4.14. The standard InChI is InChI=1S/C8H15N3O2/c1-11-8(13-2)6(5-10-11)7(12)3-4-9/h5,7,12H,3-4,9H2,1-2H3. The summed E-state index contributed by atoms with van der Waals surface area (Å²) in [5.74, 6) is 0.584. The van der Waals surface area contributed by atoms with Gasteiger partial charge in [-0.05, 0) is 13.0 Å². The molecule has 0 fully saturated rings. The summed E-state index contributed by atoms with van der Waals surface area (Å²) in [5, 5.41) is 13.6. The van der Waals surface area contributed by atoms with Gasteiger partial charge in [0.2, 0.25) is 5.88 Å². The number of rotatable bonds is 4. The van der Waals surface area contributed by atoms with Crippen molar-refractivity contribution in [2.45, 2.75) is 12.5 Å². The van der Waals surface area contributed by atoms with Crippen LogP contribution in [0.3, 0.4) is 0 Å². The molecule has 0 aromatic carbocycles. The number of nitrogens with two attached hydrogens (primary N) is 1. The average molecular weight is 185 g/mol. The van der Waals surface area contributed by atoms with Crippen LogP contribution in [0, 0.1) is 0 Å². The Morgan fingerprint density at radius 1 is 1.77 bits per heavy atom. The second kappa shape index (κ2) is 4.25. The molecule has 1 rings (SSSR count). The highest BCUT2D eigenvalue weighted by molar-refractivity contribution is 5.26. The summed E-state index contributed by atoms with van der Waals surface area (Å²) in [6, 6.07) is 0. The van der Waals surface area contributed by atoms with E-state index < -0.39 is 6.10 Å². The van der Waals surface area contributed by atoms with Gasteiger partial charge in [0.05, 0.1) is 25.0 Å². The molecule has 0 radical (unpaired) electrons. The van der Waals surface area contributed by atoms with Crippen LogP contribution >= 0.6 is 0 Å². The SMILES string of the molecule is COc1c(C(O)CCN)cnn1C. The van der Waals surface area contributed by atoms with Gasteiger partial charge in [0.1, 0.15) is 0 Å². The highest BCUT2D eigenvalue weighted by Crippen LogP contribution is 2.25. The number of hydrogen-bond donors (Lipinski definition) is 2. The van der Waals surface area contributed by atoms with Crippen LogP contribution in [0.2, 0.25) is 0 Å². The number of aliphatic hydroxyl groups excluding tert-OH is 1. The van der Waals surface area contributed by atoms with Gasteiger partial charge in [0.25, 0.3) is 0 Å². The first-order valence-corrected chi connectivity index (χ1v) is 4.14. The van der Waals surface area contributed by atoms with Gasteiger partial charge in [-0.2, -0.15) is 5.10 Å². The fraction of sp³-hybridized carbons (Fsp3) is 0.625.